The molecule has 2 N–H and O–H groups in total. The van der Waals surface area contributed by atoms with Crippen LogP contribution < -0.4 is 10.6 Å². The fourth-order valence-corrected chi connectivity index (χ4v) is 2.99. The SMILES string of the molecule is CCNC(=O)[C@H](C)NC(=O)CSCc1cccs1. The number of thioether (sulfide) groups is 1. The summed E-state index contributed by atoms with van der Waals surface area (Å²) in [6.07, 6.45) is 0. The van der Waals surface area contributed by atoms with E-state index in [9.17, 15) is 9.59 Å². The smallest absolute Gasteiger partial charge is 0.242 e. The Labute approximate surface area is 116 Å². The summed E-state index contributed by atoms with van der Waals surface area (Å²) in [5.41, 5.74) is 0. The molecule has 2 amide bonds. The first-order valence-electron chi connectivity index (χ1n) is 5.80. The Morgan fingerprint density at radius 2 is 2.28 bits per heavy atom. The Morgan fingerprint density at radius 3 is 2.89 bits per heavy atom. The average Bonchev–Trinajstić information content (AvgIpc) is 2.82. The van der Waals surface area contributed by atoms with E-state index >= 15 is 0 Å². The van der Waals surface area contributed by atoms with Crippen molar-refractivity contribution in [3.05, 3.63) is 22.4 Å². The topological polar surface area (TPSA) is 58.2 Å². The van der Waals surface area contributed by atoms with Gasteiger partial charge in [-0.25, -0.2) is 0 Å². The van der Waals surface area contributed by atoms with Crippen LogP contribution in [-0.2, 0) is 15.3 Å². The summed E-state index contributed by atoms with van der Waals surface area (Å²) in [4.78, 5) is 24.2. The van der Waals surface area contributed by atoms with Crippen LogP contribution in [0.1, 0.15) is 18.7 Å². The third kappa shape index (κ3) is 5.55. The van der Waals surface area contributed by atoms with Gasteiger partial charge in [-0.2, -0.15) is 0 Å². The van der Waals surface area contributed by atoms with Gasteiger partial charge in [0.2, 0.25) is 11.8 Å². The summed E-state index contributed by atoms with van der Waals surface area (Å²) in [7, 11) is 0. The van der Waals surface area contributed by atoms with Crippen molar-refractivity contribution in [2.24, 2.45) is 0 Å². The first-order chi connectivity index (χ1) is 8.63. The number of rotatable bonds is 7. The molecule has 4 nitrogen and oxygen atoms in total. The summed E-state index contributed by atoms with van der Waals surface area (Å²) in [6, 6.07) is 3.57. The van der Waals surface area contributed by atoms with E-state index in [4.69, 9.17) is 0 Å². The van der Waals surface area contributed by atoms with Gasteiger partial charge in [0.15, 0.2) is 0 Å². The van der Waals surface area contributed by atoms with Gasteiger partial charge in [0.25, 0.3) is 0 Å². The molecule has 0 spiro atoms. The van der Waals surface area contributed by atoms with E-state index in [1.165, 1.54) is 4.88 Å². The van der Waals surface area contributed by atoms with Gasteiger partial charge in [-0.15, -0.1) is 23.1 Å². The predicted molar refractivity (Wildman–Crippen MR) is 76.8 cm³/mol. The average molecular weight is 286 g/mol. The summed E-state index contributed by atoms with van der Waals surface area (Å²) < 4.78 is 0. The van der Waals surface area contributed by atoms with E-state index in [2.05, 4.69) is 10.6 Å². The molecule has 0 aliphatic carbocycles. The highest BCUT2D eigenvalue weighted by Crippen LogP contribution is 2.16. The Balaban J connectivity index is 2.19. The lowest BCUT2D eigenvalue weighted by Crippen LogP contribution is -2.45. The number of carbonyl (C=O) groups is 2. The van der Waals surface area contributed by atoms with Gasteiger partial charge in [-0.3, -0.25) is 9.59 Å². The lowest BCUT2D eigenvalue weighted by Gasteiger charge is -2.12. The fraction of sp³-hybridized carbons (Fsp3) is 0.500. The number of amides is 2. The van der Waals surface area contributed by atoms with E-state index in [1.54, 1.807) is 30.0 Å². The molecule has 1 aromatic heterocycles. The molecular weight excluding hydrogens is 268 g/mol. The van der Waals surface area contributed by atoms with E-state index < -0.39 is 6.04 Å². The van der Waals surface area contributed by atoms with E-state index in [0.29, 0.717) is 12.3 Å². The molecule has 100 valence electrons. The number of nitrogens with one attached hydrogen (secondary N) is 2. The van der Waals surface area contributed by atoms with Gasteiger partial charge in [0.1, 0.15) is 6.04 Å². The van der Waals surface area contributed by atoms with Crippen molar-refractivity contribution in [1.29, 1.82) is 0 Å². The predicted octanol–water partition coefficient (Wildman–Crippen LogP) is 1.62. The molecule has 0 bridgehead atoms. The maximum absolute atomic E-state index is 11.6. The van der Waals surface area contributed by atoms with Gasteiger partial charge < -0.3 is 10.6 Å². The van der Waals surface area contributed by atoms with E-state index in [0.717, 1.165) is 5.75 Å². The minimum atomic E-state index is -0.472. The van der Waals surface area contributed by atoms with Gasteiger partial charge in [-0.1, -0.05) is 6.07 Å². The van der Waals surface area contributed by atoms with Crippen molar-refractivity contribution in [3.63, 3.8) is 0 Å². The summed E-state index contributed by atoms with van der Waals surface area (Å²) in [6.45, 7) is 4.11. The van der Waals surface area contributed by atoms with Crippen molar-refractivity contribution in [1.82, 2.24) is 10.6 Å². The van der Waals surface area contributed by atoms with Gasteiger partial charge >= 0.3 is 0 Å². The largest absolute Gasteiger partial charge is 0.355 e. The molecule has 18 heavy (non-hydrogen) atoms. The number of carbonyl (C=O) groups excluding carboxylic acids is 2. The van der Waals surface area contributed by atoms with Crippen LogP contribution in [0.3, 0.4) is 0 Å². The molecule has 0 unspecified atom stereocenters. The molecule has 0 aliphatic rings. The number of hydrogen-bond acceptors (Lipinski definition) is 4. The molecule has 0 saturated carbocycles. The highest BCUT2D eigenvalue weighted by atomic mass is 32.2. The second-order valence-corrected chi connectivity index (χ2v) is 5.77. The highest BCUT2D eigenvalue weighted by Gasteiger charge is 2.14. The van der Waals surface area contributed by atoms with Crippen LogP contribution in [0.15, 0.2) is 17.5 Å². The van der Waals surface area contributed by atoms with Crippen LogP contribution in [0.2, 0.25) is 0 Å². The van der Waals surface area contributed by atoms with Crippen molar-refractivity contribution < 1.29 is 9.59 Å². The zero-order valence-electron chi connectivity index (χ0n) is 10.6. The Bertz CT molecular complexity index is 379. The molecule has 0 aliphatic heterocycles. The van der Waals surface area contributed by atoms with Crippen LogP contribution in [0, 0.1) is 0 Å². The molecule has 0 radical (unpaired) electrons. The first-order valence-corrected chi connectivity index (χ1v) is 7.84. The normalized spacial score (nSPS) is 11.9. The molecule has 1 heterocycles. The molecule has 1 rings (SSSR count). The first kappa shape index (κ1) is 15.0. The van der Waals surface area contributed by atoms with E-state index in [1.807, 2.05) is 24.4 Å². The second-order valence-electron chi connectivity index (χ2n) is 3.76. The molecule has 6 heteroatoms. The zero-order valence-corrected chi connectivity index (χ0v) is 12.2. The Morgan fingerprint density at radius 1 is 1.50 bits per heavy atom. The monoisotopic (exact) mass is 286 g/mol. The van der Waals surface area contributed by atoms with Crippen LogP contribution in [0.25, 0.3) is 0 Å². The zero-order chi connectivity index (χ0) is 13.4. The van der Waals surface area contributed by atoms with Gasteiger partial charge in [0.05, 0.1) is 5.75 Å². The molecule has 0 aromatic carbocycles. The van der Waals surface area contributed by atoms with Crippen LogP contribution >= 0.6 is 23.1 Å². The summed E-state index contributed by atoms with van der Waals surface area (Å²) >= 11 is 3.24. The fourth-order valence-electron chi connectivity index (χ4n) is 1.32. The second kappa shape index (κ2) is 8.16. The van der Waals surface area contributed by atoms with Crippen molar-refractivity contribution in [2.75, 3.05) is 12.3 Å². The van der Waals surface area contributed by atoms with Crippen molar-refractivity contribution in [2.45, 2.75) is 25.6 Å². The maximum Gasteiger partial charge on any atom is 0.242 e. The third-order valence-corrected chi connectivity index (χ3v) is 4.22. The number of hydrogen-bond donors (Lipinski definition) is 2. The van der Waals surface area contributed by atoms with Crippen molar-refractivity contribution in [3.8, 4) is 0 Å². The lowest BCUT2D eigenvalue weighted by atomic mass is 10.3. The Kier molecular flexibility index (Phi) is 6.82. The number of thiophene rings is 1. The van der Waals surface area contributed by atoms with E-state index in [-0.39, 0.29) is 11.8 Å². The van der Waals surface area contributed by atoms with Crippen LogP contribution in [-0.4, -0.2) is 30.2 Å². The Hall–Kier alpha value is -1.01. The third-order valence-electron chi connectivity index (χ3n) is 2.18. The molecule has 0 saturated heterocycles. The van der Waals surface area contributed by atoms with Gasteiger partial charge in [0, 0.05) is 17.2 Å². The maximum atomic E-state index is 11.6. The minimum absolute atomic E-state index is 0.102. The molecule has 1 aromatic rings. The van der Waals surface area contributed by atoms with Crippen LogP contribution in [0.4, 0.5) is 0 Å². The molecule has 1 atom stereocenters. The minimum Gasteiger partial charge on any atom is -0.355 e. The molecular formula is C12H18N2O2S2. The van der Waals surface area contributed by atoms with Gasteiger partial charge in [-0.05, 0) is 25.3 Å². The summed E-state index contributed by atoms with van der Waals surface area (Å²) in [5.74, 6) is 0.965. The highest BCUT2D eigenvalue weighted by molar-refractivity contribution is 7.99. The molecule has 0 fully saturated rings. The summed E-state index contributed by atoms with van der Waals surface area (Å²) in [5, 5.41) is 7.37. The van der Waals surface area contributed by atoms with Crippen molar-refractivity contribution >= 4 is 34.9 Å². The number of likely N-dealkylation sites (N-methyl/N-ethyl adjacent to an activating group) is 1. The standard InChI is InChI=1S/C12H18N2O2S2/c1-3-13-12(16)9(2)14-11(15)8-17-7-10-5-4-6-18-10/h4-6,9H,3,7-8H2,1-2H3,(H,13,16)(H,14,15)/t9-/m0/s1. The quantitative estimate of drug-likeness (QED) is 0.801. The van der Waals surface area contributed by atoms with Crippen LogP contribution in [0.5, 0.6) is 0 Å². The lowest BCUT2D eigenvalue weighted by molar-refractivity contribution is -0.127.